The summed E-state index contributed by atoms with van der Waals surface area (Å²) in [5, 5.41) is 12.6. The van der Waals surface area contributed by atoms with E-state index in [1.54, 1.807) is 32.9 Å². The van der Waals surface area contributed by atoms with Crippen LogP contribution in [0.4, 0.5) is 9.18 Å². The van der Waals surface area contributed by atoms with Crippen LogP contribution in [-0.2, 0) is 14.2 Å². The van der Waals surface area contributed by atoms with Crippen molar-refractivity contribution in [2.45, 2.75) is 26.4 Å². The van der Waals surface area contributed by atoms with E-state index in [9.17, 15) is 28.7 Å². The van der Waals surface area contributed by atoms with E-state index >= 15 is 0 Å². The molecule has 0 radical (unpaired) electrons. The fraction of sp³-hybridized carbons (Fsp3) is 0.200. The van der Waals surface area contributed by atoms with Crippen LogP contribution in [0, 0.1) is 5.82 Å². The Balaban J connectivity index is 1.59. The number of hydrogen-bond acceptors (Lipinski definition) is 10. The number of nitrogens with zero attached hydrogens (tertiary/aromatic N) is 1. The molecule has 0 fully saturated rings. The predicted octanol–water partition coefficient (Wildman–Crippen LogP) is 5.83. The highest BCUT2D eigenvalue weighted by molar-refractivity contribution is 6.11. The molecule has 2 amide bonds. The van der Waals surface area contributed by atoms with Crippen molar-refractivity contribution in [3.63, 3.8) is 0 Å². The lowest BCUT2D eigenvalue weighted by molar-refractivity contribution is 0.0397. The van der Waals surface area contributed by atoms with Crippen LogP contribution < -0.4 is 14.8 Å². The Labute approximate surface area is 275 Å². The summed E-state index contributed by atoms with van der Waals surface area (Å²) >= 11 is 0. The highest BCUT2D eigenvalue weighted by atomic mass is 19.1. The van der Waals surface area contributed by atoms with Gasteiger partial charge in [-0.2, -0.15) is 0 Å². The normalized spacial score (nSPS) is 12.7. The number of amides is 2. The molecule has 12 nitrogen and oxygen atoms in total. The number of esters is 1. The fourth-order valence-corrected chi connectivity index (χ4v) is 4.18. The first-order chi connectivity index (χ1) is 22.8. The molecule has 4 rings (SSSR count). The number of aromatic hydroxyl groups is 1. The van der Waals surface area contributed by atoms with Gasteiger partial charge in [0.05, 0.1) is 23.8 Å². The van der Waals surface area contributed by atoms with Gasteiger partial charge in [0.2, 0.25) is 0 Å². The van der Waals surface area contributed by atoms with Crippen molar-refractivity contribution in [1.82, 2.24) is 10.2 Å². The SMILES string of the molecule is COCOc1ccc(OC)cc1C(=O)c1ccc(C(=O)OC2=CC=CN(C(=O)OC(C)(C)C)C=C2NC(=O)c2cc(F)ccc2O)cc1. The van der Waals surface area contributed by atoms with Crippen LogP contribution in [0.5, 0.6) is 17.2 Å². The molecule has 0 bridgehead atoms. The zero-order valence-corrected chi connectivity index (χ0v) is 26.7. The Morgan fingerprint density at radius 2 is 1.62 bits per heavy atom. The van der Waals surface area contributed by atoms with Gasteiger partial charge < -0.3 is 34.1 Å². The molecular formula is C35H33FN2O10. The third-order valence-electron chi connectivity index (χ3n) is 6.43. The highest BCUT2D eigenvalue weighted by Gasteiger charge is 2.25. The molecule has 250 valence electrons. The minimum Gasteiger partial charge on any atom is -0.507 e. The van der Waals surface area contributed by atoms with E-state index in [4.69, 9.17) is 23.7 Å². The number of allylic oxidation sites excluding steroid dienone is 2. The molecule has 0 spiro atoms. The van der Waals surface area contributed by atoms with Gasteiger partial charge in [-0.3, -0.25) is 14.5 Å². The van der Waals surface area contributed by atoms with Crippen LogP contribution in [-0.4, -0.2) is 60.4 Å². The fourth-order valence-electron chi connectivity index (χ4n) is 4.18. The summed E-state index contributed by atoms with van der Waals surface area (Å²) in [6, 6.07) is 13.1. The maximum absolute atomic E-state index is 13.9. The van der Waals surface area contributed by atoms with Gasteiger partial charge in [0, 0.05) is 25.1 Å². The third-order valence-corrected chi connectivity index (χ3v) is 6.43. The smallest absolute Gasteiger partial charge is 0.418 e. The Kier molecular flexibility index (Phi) is 11.0. The van der Waals surface area contributed by atoms with Gasteiger partial charge in [-0.05, 0) is 81.5 Å². The first-order valence-corrected chi connectivity index (χ1v) is 14.4. The van der Waals surface area contributed by atoms with Gasteiger partial charge in [0.25, 0.3) is 5.91 Å². The Bertz CT molecular complexity index is 1810. The molecule has 3 aromatic carbocycles. The highest BCUT2D eigenvalue weighted by Crippen LogP contribution is 2.28. The van der Waals surface area contributed by atoms with Crippen molar-refractivity contribution in [3.8, 4) is 17.2 Å². The van der Waals surface area contributed by atoms with Crippen molar-refractivity contribution in [1.29, 1.82) is 0 Å². The first kappa shape index (κ1) is 34.9. The van der Waals surface area contributed by atoms with Gasteiger partial charge in [0.1, 0.15) is 34.4 Å². The van der Waals surface area contributed by atoms with Crippen molar-refractivity contribution in [2.24, 2.45) is 0 Å². The molecule has 1 heterocycles. The lowest BCUT2D eigenvalue weighted by Crippen LogP contribution is -2.32. The molecule has 0 saturated carbocycles. The number of carbonyl (C=O) groups is 4. The summed E-state index contributed by atoms with van der Waals surface area (Å²) in [5.74, 6) is -3.03. The standard InChI is InChI=1S/C35H33FN2O10/c1-35(2,3)48-34(43)38-16-6-7-30(27(19-38)37-32(41)25-17-23(36)12-14-28(25)39)47-33(42)22-10-8-21(9-11-22)31(40)26-18-24(45-5)13-15-29(26)46-20-44-4/h6-19,39H,20H2,1-5H3,(H,37,41). The summed E-state index contributed by atoms with van der Waals surface area (Å²) in [4.78, 5) is 53.6. The average Bonchev–Trinajstić information content (AvgIpc) is 3.25. The second kappa shape index (κ2) is 15.1. The maximum atomic E-state index is 13.9. The van der Waals surface area contributed by atoms with Gasteiger partial charge in [-0.15, -0.1) is 0 Å². The number of carbonyl (C=O) groups excluding carboxylic acids is 4. The lowest BCUT2D eigenvalue weighted by Gasteiger charge is -2.23. The number of phenolic OH excluding ortho intramolecular Hbond substituents is 1. The summed E-state index contributed by atoms with van der Waals surface area (Å²) in [7, 11) is 2.91. The molecule has 0 aromatic heterocycles. The zero-order valence-electron chi connectivity index (χ0n) is 26.7. The second-order valence-electron chi connectivity index (χ2n) is 11.1. The van der Waals surface area contributed by atoms with Gasteiger partial charge >= 0.3 is 12.1 Å². The number of nitrogens with one attached hydrogen (secondary N) is 1. The lowest BCUT2D eigenvalue weighted by atomic mass is 10.0. The number of ketones is 1. The number of halogens is 1. The minimum atomic E-state index is -0.958. The Hall–Kier alpha value is -5.95. The van der Waals surface area contributed by atoms with Crippen LogP contribution in [0.15, 0.2) is 96.7 Å². The molecule has 0 aliphatic carbocycles. The number of hydrogen-bond donors (Lipinski definition) is 2. The van der Waals surface area contributed by atoms with Crippen LogP contribution in [0.25, 0.3) is 0 Å². The molecule has 13 heteroatoms. The van der Waals surface area contributed by atoms with Crippen LogP contribution in [0.2, 0.25) is 0 Å². The minimum absolute atomic E-state index is 0.0413. The molecule has 2 N–H and O–H groups in total. The summed E-state index contributed by atoms with van der Waals surface area (Å²) < 4.78 is 40.6. The average molecular weight is 661 g/mol. The van der Waals surface area contributed by atoms with E-state index in [0.717, 1.165) is 29.3 Å². The van der Waals surface area contributed by atoms with Gasteiger partial charge in [-0.1, -0.05) is 12.1 Å². The number of benzene rings is 3. The predicted molar refractivity (Wildman–Crippen MR) is 170 cm³/mol. The Morgan fingerprint density at radius 3 is 2.29 bits per heavy atom. The van der Waals surface area contributed by atoms with Crippen molar-refractivity contribution in [2.75, 3.05) is 21.0 Å². The number of rotatable bonds is 10. The van der Waals surface area contributed by atoms with E-state index in [0.29, 0.717) is 5.75 Å². The topological polar surface area (TPSA) is 150 Å². The largest absolute Gasteiger partial charge is 0.507 e. The van der Waals surface area contributed by atoms with E-state index in [1.807, 2.05) is 0 Å². The van der Waals surface area contributed by atoms with Crippen molar-refractivity contribution < 1.29 is 52.4 Å². The first-order valence-electron chi connectivity index (χ1n) is 14.4. The molecule has 0 saturated heterocycles. The maximum Gasteiger partial charge on any atom is 0.418 e. The number of ether oxygens (including phenoxy) is 5. The van der Waals surface area contributed by atoms with E-state index in [1.165, 1.54) is 62.9 Å². The second-order valence-corrected chi connectivity index (χ2v) is 11.1. The quantitative estimate of drug-likeness (QED) is 0.155. The van der Waals surface area contributed by atoms with E-state index in [2.05, 4.69) is 5.32 Å². The molecule has 3 aromatic rings. The summed E-state index contributed by atoms with van der Waals surface area (Å²) in [6.45, 7) is 4.92. The number of methoxy groups -OCH3 is 2. The molecule has 0 atom stereocenters. The van der Waals surface area contributed by atoms with E-state index < -0.39 is 46.5 Å². The van der Waals surface area contributed by atoms with Crippen LogP contribution in [0.3, 0.4) is 0 Å². The molecule has 48 heavy (non-hydrogen) atoms. The summed E-state index contributed by atoms with van der Waals surface area (Å²) in [5.41, 5.74) is -0.977. The molecule has 1 aliphatic heterocycles. The Morgan fingerprint density at radius 1 is 0.917 bits per heavy atom. The molecule has 1 aliphatic rings. The number of phenols is 1. The van der Waals surface area contributed by atoms with Gasteiger partial charge in [0.15, 0.2) is 18.3 Å². The van der Waals surface area contributed by atoms with Crippen molar-refractivity contribution in [3.05, 3.63) is 125 Å². The zero-order chi connectivity index (χ0) is 35.0. The van der Waals surface area contributed by atoms with Gasteiger partial charge in [-0.25, -0.2) is 14.0 Å². The van der Waals surface area contributed by atoms with Crippen LogP contribution >= 0.6 is 0 Å². The monoisotopic (exact) mass is 660 g/mol. The summed E-state index contributed by atoms with van der Waals surface area (Å²) in [6.07, 6.45) is 4.32. The molecular weight excluding hydrogens is 627 g/mol. The third kappa shape index (κ3) is 8.85. The van der Waals surface area contributed by atoms with Crippen LogP contribution in [0.1, 0.15) is 57.4 Å². The molecule has 0 unspecified atom stereocenters. The van der Waals surface area contributed by atoms with Crippen molar-refractivity contribution >= 4 is 23.8 Å². The van der Waals surface area contributed by atoms with E-state index in [-0.39, 0.29) is 40.7 Å².